The van der Waals surface area contributed by atoms with E-state index in [2.05, 4.69) is 22.3 Å². The first-order valence-electron chi connectivity index (χ1n) is 7.30. The van der Waals surface area contributed by atoms with Crippen molar-refractivity contribution < 1.29 is 4.74 Å². The molecule has 0 aliphatic carbocycles. The van der Waals surface area contributed by atoms with Crippen LogP contribution in [0, 0.1) is 28.6 Å². The van der Waals surface area contributed by atoms with Crippen LogP contribution < -0.4 is 4.74 Å². The number of rotatable bonds is 8. The van der Waals surface area contributed by atoms with Crippen molar-refractivity contribution in [3.8, 4) is 17.9 Å². The summed E-state index contributed by atoms with van der Waals surface area (Å²) in [5.74, 6) is 1.82. The summed E-state index contributed by atoms with van der Waals surface area (Å²) in [4.78, 5) is 0. The molecule has 24 heavy (non-hydrogen) atoms. The first kappa shape index (κ1) is 18.1. The lowest BCUT2D eigenvalue weighted by Crippen LogP contribution is -2.05. The van der Waals surface area contributed by atoms with Gasteiger partial charge in [0, 0.05) is 24.2 Å². The van der Waals surface area contributed by atoms with Crippen LogP contribution in [0.15, 0.2) is 29.4 Å². The molecule has 0 spiro atoms. The quantitative estimate of drug-likeness (QED) is 0.668. The molecule has 1 aromatic carbocycles. The molecule has 1 aromatic heterocycles. The Balaban J connectivity index is 1.89. The lowest BCUT2D eigenvalue weighted by atomic mass is 10.1. The molecule has 0 saturated heterocycles. The Kier molecular flexibility index (Phi) is 6.92. The van der Waals surface area contributed by atoms with Crippen molar-refractivity contribution in [2.45, 2.75) is 24.6 Å². The van der Waals surface area contributed by atoms with Crippen LogP contribution in [0.4, 0.5) is 0 Å². The molecule has 0 aliphatic heterocycles. The predicted octanol–water partition coefficient (Wildman–Crippen LogP) is 3.58. The zero-order valence-electron chi connectivity index (χ0n) is 13.1. The fourth-order valence-corrected chi connectivity index (χ4v) is 2.99. The summed E-state index contributed by atoms with van der Waals surface area (Å²) in [6.45, 7) is 0.293. The van der Waals surface area contributed by atoms with E-state index < -0.39 is 0 Å². The first-order chi connectivity index (χ1) is 11.6. The zero-order valence-corrected chi connectivity index (χ0v) is 14.7. The van der Waals surface area contributed by atoms with Crippen molar-refractivity contribution in [3.63, 3.8) is 0 Å². The van der Waals surface area contributed by atoms with Crippen LogP contribution in [0.3, 0.4) is 0 Å². The summed E-state index contributed by atoms with van der Waals surface area (Å²) in [7, 11) is 1.86. The summed E-state index contributed by atoms with van der Waals surface area (Å²) in [6.07, 6.45) is 0.960. The second-order valence-corrected chi connectivity index (χ2v) is 6.46. The Hall–Kier alpha value is -2.22. The number of hydrogen-bond donors (Lipinski definition) is 0. The van der Waals surface area contributed by atoms with E-state index in [9.17, 15) is 0 Å². The molecule has 0 bridgehead atoms. The van der Waals surface area contributed by atoms with Crippen LogP contribution in [-0.2, 0) is 13.7 Å². The first-order valence-corrected chi connectivity index (χ1v) is 8.66. The van der Waals surface area contributed by atoms with Gasteiger partial charge in [-0.15, -0.1) is 10.2 Å². The number of nitriles is 2. The molecule has 0 N–H and O–H groups in total. The van der Waals surface area contributed by atoms with Crippen molar-refractivity contribution in [2.24, 2.45) is 13.0 Å². The fraction of sp³-hybridized carbons (Fsp3) is 0.375. The molecule has 0 unspecified atom stereocenters. The van der Waals surface area contributed by atoms with Gasteiger partial charge in [-0.25, -0.2) is 0 Å². The second kappa shape index (κ2) is 9.17. The lowest BCUT2D eigenvalue weighted by Gasteiger charge is -2.08. The number of thioether (sulfide) groups is 1. The Morgan fingerprint density at radius 2 is 2.04 bits per heavy atom. The van der Waals surface area contributed by atoms with E-state index >= 15 is 0 Å². The molecule has 0 aliphatic rings. The van der Waals surface area contributed by atoms with E-state index in [0.29, 0.717) is 41.8 Å². The van der Waals surface area contributed by atoms with Crippen molar-refractivity contribution in [1.82, 2.24) is 14.8 Å². The van der Waals surface area contributed by atoms with Gasteiger partial charge in [-0.2, -0.15) is 10.5 Å². The highest BCUT2D eigenvalue weighted by Gasteiger charge is 2.13. The molecule has 0 saturated carbocycles. The van der Waals surface area contributed by atoms with Crippen LogP contribution in [0.2, 0.25) is 5.02 Å². The number of hydrogen-bond acceptors (Lipinski definition) is 6. The SMILES string of the molecule is Cn1c(COc2ccc(Cl)cc2)nnc1SC[C@@H](C#N)CCC#N. The molecule has 2 rings (SSSR count). The molecular formula is C16H16ClN5OS. The number of aromatic nitrogens is 3. The monoisotopic (exact) mass is 361 g/mol. The van der Waals surface area contributed by atoms with Gasteiger partial charge < -0.3 is 9.30 Å². The van der Waals surface area contributed by atoms with Gasteiger partial charge in [0.25, 0.3) is 0 Å². The maximum absolute atomic E-state index is 9.09. The van der Waals surface area contributed by atoms with Crippen LogP contribution in [-0.4, -0.2) is 20.5 Å². The van der Waals surface area contributed by atoms with Gasteiger partial charge in [-0.3, -0.25) is 0 Å². The van der Waals surface area contributed by atoms with E-state index in [0.717, 1.165) is 5.16 Å². The minimum absolute atomic E-state index is 0.167. The van der Waals surface area contributed by atoms with E-state index in [1.165, 1.54) is 11.8 Å². The average molecular weight is 362 g/mol. The third-order valence-corrected chi connectivity index (χ3v) is 4.74. The smallest absolute Gasteiger partial charge is 0.191 e. The van der Waals surface area contributed by atoms with Gasteiger partial charge in [0.1, 0.15) is 12.4 Å². The predicted molar refractivity (Wildman–Crippen MR) is 91.5 cm³/mol. The maximum atomic E-state index is 9.09. The molecular weight excluding hydrogens is 346 g/mol. The van der Waals surface area contributed by atoms with Crippen molar-refractivity contribution >= 4 is 23.4 Å². The summed E-state index contributed by atoms with van der Waals surface area (Å²) in [5.41, 5.74) is 0. The van der Waals surface area contributed by atoms with Crippen molar-refractivity contribution in [1.29, 1.82) is 10.5 Å². The van der Waals surface area contributed by atoms with Crippen LogP contribution in [0.5, 0.6) is 5.75 Å². The third kappa shape index (κ3) is 5.16. The molecule has 1 heterocycles. The van der Waals surface area contributed by atoms with Crippen molar-refractivity contribution in [2.75, 3.05) is 5.75 Å². The summed E-state index contributed by atoms with van der Waals surface area (Å²) in [6, 6.07) is 11.4. The largest absolute Gasteiger partial charge is 0.486 e. The molecule has 6 nitrogen and oxygen atoms in total. The molecule has 8 heteroatoms. The highest BCUT2D eigenvalue weighted by atomic mass is 35.5. The minimum Gasteiger partial charge on any atom is -0.486 e. The molecule has 124 valence electrons. The lowest BCUT2D eigenvalue weighted by molar-refractivity contribution is 0.290. The van der Waals surface area contributed by atoms with Gasteiger partial charge >= 0.3 is 0 Å². The zero-order chi connectivity index (χ0) is 17.4. The van der Waals surface area contributed by atoms with E-state index in [-0.39, 0.29) is 5.92 Å². The number of nitrogens with zero attached hydrogens (tertiary/aromatic N) is 5. The normalized spacial score (nSPS) is 11.5. The van der Waals surface area contributed by atoms with Gasteiger partial charge in [-0.05, 0) is 30.7 Å². The number of benzene rings is 1. The van der Waals surface area contributed by atoms with Crippen LogP contribution in [0.25, 0.3) is 0 Å². The molecule has 2 aromatic rings. The Bertz CT molecular complexity index is 747. The molecule has 1 atom stereocenters. The van der Waals surface area contributed by atoms with Crippen LogP contribution >= 0.6 is 23.4 Å². The van der Waals surface area contributed by atoms with Gasteiger partial charge in [-0.1, -0.05) is 23.4 Å². The maximum Gasteiger partial charge on any atom is 0.191 e. The summed E-state index contributed by atoms with van der Waals surface area (Å²) >= 11 is 7.29. The van der Waals surface area contributed by atoms with E-state index in [1.807, 2.05) is 11.6 Å². The Morgan fingerprint density at radius 1 is 1.29 bits per heavy atom. The average Bonchev–Trinajstić information content (AvgIpc) is 2.95. The Morgan fingerprint density at radius 3 is 2.71 bits per heavy atom. The standard InChI is InChI=1S/C16H16ClN5OS/c1-22-15(10-23-14-6-4-13(17)5-7-14)20-21-16(22)24-11-12(9-19)3-2-8-18/h4-7,12H,2-3,10-11H2,1H3/t12-/m1/s1. The molecule has 0 radical (unpaired) electrons. The van der Waals surface area contributed by atoms with Crippen molar-refractivity contribution in [3.05, 3.63) is 35.1 Å². The molecule has 0 fully saturated rings. The minimum atomic E-state index is -0.167. The van der Waals surface area contributed by atoms with Gasteiger partial charge in [0.05, 0.1) is 18.1 Å². The highest BCUT2D eigenvalue weighted by Crippen LogP contribution is 2.22. The van der Waals surface area contributed by atoms with E-state index in [4.69, 9.17) is 26.9 Å². The fourth-order valence-electron chi connectivity index (χ4n) is 1.87. The summed E-state index contributed by atoms with van der Waals surface area (Å²) in [5, 5.41) is 27.3. The van der Waals surface area contributed by atoms with Gasteiger partial charge in [0.15, 0.2) is 11.0 Å². The topological polar surface area (TPSA) is 87.5 Å². The third-order valence-electron chi connectivity index (χ3n) is 3.31. The van der Waals surface area contributed by atoms with E-state index in [1.54, 1.807) is 24.3 Å². The van der Waals surface area contributed by atoms with Crippen LogP contribution in [0.1, 0.15) is 18.7 Å². The number of halogens is 1. The Labute approximate surface area is 150 Å². The van der Waals surface area contributed by atoms with Gasteiger partial charge in [0.2, 0.25) is 0 Å². The highest BCUT2D eigenvalue weighted by molar-refractivity contribution is 7.99. The number of ether oxygens (including phenoxy) is 1. The summed E-state index contributed by atoms with van der Waals surface area (Å²) < 4.78 is 7.51. The molecule has 0 amide bonds. The second-order valence-electron chi connectivity index (χ2n) is 5.03.